The largest absolute Gasteiger partial charge is 0.480 e. The van der Waals surface area contributed by atoms with E-state index < -0.39 is 18.1 Å². The third-order valence-corrected chi connectivity index (χ3v) is 4.07. The van der Waals surface area contributed by atoms with Gasteiger partial charge in [0.1, 0.15) is 6.04 Å². The van der Waals surface area contributed by atoms with Crippen molar-refractivity contribution in [2.24, 2.45) is 11.8 Å². The zero-order valence-corrected chi connectivity index (χ0v) is 10.7. The Bertz CT molecular complexity index is 350. The lowest BCUT2D eigenvalue weighted by Crippen LogP contribution is -2.47. The van der Waals surface area contributed by atoms with Gasteiger partial charge in [0.25, 0.3) is 0 Å². The first-order chi connectivity index (χ1) is 8.40. The summed E-state index contributed by atoms with van der Waals surface area (Å²) < 4.78 is 0. The molecule has 0 aromatic rings. The number of carbonyl (C=O) groups is 2. The lowest BCUT2D eigenvalue weighted by atomic mass is 10.0. The molecule has 0 aromatic carbocycles. The van der Waals surface area contributed by atoms with E-state index in [1.54, 1.807) is 4.90 Å². The number of aliphatic carboxylic acids is 1. The Balaban J connectivity index is 2.06. The number of hydrogen-bond donors (Lipinski definition) is 2. The number of urea groups is 1. The van der Waals surface area contributed by atoms with Gasteiger partial charge in [0, 0.05) is 26.1 Å². The van der Waals surface area contributed by atoms with E-state index in [-0.39, 0.29) is 19.0 Å². The number of carbonyl (C=O) groups excluding carboxylic acids is 1. The lowest BCUT2D eigenvalue weighted by Gasteiger charge is -2.27. The number of aliphatic hydroxyl groups is 1. The predicted molar refractivity (Wildman–Crippen MR) is 64.1 cm³/mol. The molecule has 2 rings (SSSR count). The Labute approximate surface area is 106 Å². The fourth-order valence-electron chi connectivity index (χ4n) is 2.73. The third kappa shape index (κ3) is 2.29. The van der Waals surface area contributed by atoms with E-state index in [9.17, 15) is 14.7 Å². The molecular formula is C12H20N2O4. The molecule has 0 radical (unpaired) electrons. The van der Waals surface area contributed by atoms with Gasteiger partial charge in [0.2, 0.25) is 0 Å². The summed E-state index contributed by atoms with van der Waals surface area (Å²) in [6.07, 6.45) is -0.604. The molecule has 2 fully saturated rings. The Kier molecular flexibility index (Phi) is 3.47. The summed E-state index contributed by atoms with van der Waals surface area (Å²) in [5.74, 6) is -0.172. The first-order valence-electron chi connectivity index (χ1n) is 6.36. The maximum atomic E-state index is 12.3. The van der Waals surface area contributed by atoms with Gasteiger partial charge in [-0.25, -0.2) is 9.59 Å². The second-order valence-corrected chi connectivity index (χ2v) is 5.54. The molecule has 0 aromatic heterocycles. The average Bonchev–Trinajstić information content (AvgIpc) is 2.82. The van der Waals surface area contributed by atoms with Crippen LogP contribution in [0.1, 0.15) is 20.3 Å². The predicted octanol–water partition coefficient (Wildman–Crippen LogP) is 0.214. The van der Waals surface area contributed by atoms with Crippen molar-refractivity contribution in [3.05, 3.63) is 0 Å². The number of carboxylic acid groups (broad SMARTS) is 1. The van der Waals surface area contributed by atoms with E-state index in [0.717, 1.165) is 0 Å². The van der Waals surface area contributed by atoms with Crippen molar-refractivity contribution >= 4 is 12.0 Å². The number of nitrogens with zero attached hydrogens (tertiary/aromatic N) is 2. The van der Waals surface area contributed by atoms with Gasteiger partial charge in [-0.3, -0.25) is 0 Å². The Morgan fingerprint density at radius 2 is 1.67 bits per heavy atom. The highest BCUT2D eigenvalue weighted by Gasteiger charge is 2.42. The molecule has 3 unspecified atom stereocenters. The first kappa shape index (κ1) is 13.1. The molecule has 2 N–H and O–H groups in total. The number of likely N-dealkylation sites (tertiary alicyclic amines) is 2. The van der Waals surface area contributed by atoms with E-state index in [2.05, 4.69) is 13.8 Å². The van der Waals surface area contributed by atoms with Crippen LogP contribution in [-0.2, 0) is 4.79 Å². The molecule has 2 saturated heterocycles. The zero-order chi connectivity index (χ0) is 13.4. The Hall–Kier alpha value is -1.30. The van der Waals surface area contributed by atoms with Crippen LogP contribution in [0.25, 0.3) is 0 Å². The van der Waals surface area contributed by atoms with Gasteiger partial charge in [-0.05, 0) is 11.8 Å². The summed E-state index contributed by atoms with van der Waals surface area (Å²) >= 11 is 0. The minimum Gasteiger partial charge on any atom is -0.480 e. The molecule has 0 bridgehead atoms. The second-order valence-electron chi connectivity index (χ2n) is 5.54. The molecule has 2 aliphatic rings. The van der Waals surface area contributed by atoms with Crippen LogP contribution in [0.4, 0.5) is 4.79 Å². The van der Waals surface area contributed by atoms with Crippen LogP contribution in [-0.4, -0.2) is 63.8 Å². The minimum absolute atomic E-state index is 0.120. The highest BCUT2D eigenvalue weighted by molar-refractivity contribution is 5.83. The van der Waals surface area contributed by atoms with Crippen LogP contribution in [0.5, 0.6) is 0 Å². The van der Waals surface area contributed by atoms with Crippen molar-refractivity contribution in [1.29, 1.82) is 0 Å². The fraction of sp³-hybridized carbons (Fsp3) is 0.833. The smallest absolute Gasteiger partial charge is 0.326 e. The third-order valence-electron chi connectivity index (χ3n) is 4.07. The van der Waals surface area contributed by atoms with Crippen LogP contribution in [0, 0.1) is 11.8 Å². The number of β-amino-alcohol motifs (C(OH)–C–C–N with tert-alkyl or cyclic N) is 1. The number of carboxylic acids is 1. The van der Waals surface area contributed by atoms with Gasteiger partial charge in [-0.15, -0.1) is 0 Å². The van der Waals surface area contributed by atoms with Gasteiger partial charge in [-0.1, -0.05) is 13.8 Å². The summed E-state index contributed by atoms with van der Waals surface area (Å²) in [5.41, 5.74) is 0. The SMILES string of the molecule is CC1CN(C(=O)N2CC(O)C[C@H]2C(=O)O)CC1C. The molecule has 6 heteroatoms. The van der Waals surface area contributed by atoms with Gasteiger partial charge in [-0.2, -0.15) is 0 Å². The molecule has 102 valence electrons. The van der Waals surface area contributed by atoms with Crippen molar-refractivity contribution in [1.82, 2.24) is 9.80 Å². The Morgan fingerprint density at radius 3 is 2.17 bits per heavy atom. The van der Waals surface area contributed by atoms with Crippen molar-refractivity contribution in [3.63, 3.8) is 0 Å². The molecule has 4 atom stereocenters. The summed E-state index contributed by atoms with van der Waals surface area (Å²) in [6.45, 7) is 5.63. The summed E-state index contributed by atoms with van der Waals surface area (Å²) in [6, 6.07) is -1.14. The van der Waals surface area contributed by atoms with Crippen LogP contribution >= 0.6 is 0 Å². The molecule has 6 nitrogen and oxygen atoms in total. The minimum atomic E-state index is -1.04. The molecule has 0 aliphatic carbocycles. The van der Waals surface area contributed by atoms with Gasteiger partial charge >= 0.3 is 12.0 Å². The molecule has 2 heterocycles. The van der Waals surface area contributed by atoms with Crippen LogP contribution in [0.15, 0.2) is 0 Å². The second kappa shape index (κ2) is 4.76. The van der Waals surface area contributed by atoms with Crippen molar-refractivity contribution < 1.29 is 19.8 Å². The van der Waals surface area contributed by atoms with Crippen molar-refractivity contribution in [3.8, 4) is 0 Å². The average molecular weight is 256 g/mol. The zero-order valence-electron chi connectivity index (χ0n) is 10.7. The van der Waals surface area contributed by atoms with Crippen molar-refractivity contribution in [2.75, 3.05) is 19.6 Å². The van der Waals surface area contributed by atoms with Crippen LogP contribution < -0.4 is 0 Å². The highest BCUT2D eigenvalue weighted by Crippen LogP contribution is 2.26. The van der Waals surface area contributed by atoms with E-state index in [4.69, 9.17) is 5.11 Å². The molecular weight excluding hydrogens is 236 g/mol. The van der Waals surface area contributed by atoms with E-state index in [0.29, 0.717) is 24.9 Å². The maximum absolute atomic E-state index is 12.3. The highest BCUT2D eigenvalue weighted by atomic mass is 16.4. The number of amides is 2. The van der Waals surface area contributed by atoms with Crippen molar-refractivity contribution in [2.45, 2.75) is 32.4 Å². The summed E-state index contributed by atoms with van der Waals surface area (Å²) in [5, 5.41) is 18.6. The molecule has 18 heavy (non-hydrogen) atoms. The normalized spacial score (nSPS) is 36.2. The fourth-order valence-corrected chi connectivity index (χ4v) is 2.73. The number of rotatable bonds is 1. The van der Waals surface area contributed by atoms with E-state index in [1.165, 1.54) is 4.90 Å². The van der Waals surface area contributed by atoms with Crippen LogP contribution in [0.2, 0.25) is 0 Å². The molecule has 0 saturated carbocycles. The Morgan fingerprint density at radius 1 is 1.11 bits per heavy atom. The van der Waals surface area contributed by atoms with Gasteiger partial charge < -0.3 is 20.0 Å². The van der Waals surface area contributed by atoms with E-state index >= 15 is 0 Å². The first-order valence-corrected chi connectivity index (χ1v) is 6.36. The maximum Gasteiger partial charge on any atom is 0.326 e. The summed E-state index contributed by atoms with van der Waals surface area (Å²) in [4.78, 5) is 26.3. The van der Waals surface area contributed by atoms with Crippen LogP contribution in [0.3, 0.4) is 0 Å². The molecule has 0 spiro atoms. The van der Waals surface area contributed by atoms with Gasteiger partial charge in [0.15, 0.2) is 0 Å². The monoisotopic (exact) mass is 256 g/mol. The van der Waals surface area contributed by atoms with Gasteiger partial charge in [0.05, 0.1) is 6.10 Å². The van der Waals surface area contributed by atoms with E-state index in [1.807, 2.05) is 0 Å². The quantitative estimate of drug-likeness (QED) is 0.703. The number of hydrogen-bond acceptors (Lipinski definition) is 3. The molecule has 2 amide bonds. The number of aliphatic hydroxyl groups excluding tert-OH is 1. The topological polar surface area (TPSA) is 81.1 Å². The summed E-state index contributed by atoms with van der Waals surface area (Å²) in [7, 11) is 0. The lowest BCUT2D eigenvalue weighted by molar-refractivity contribution is -0.141. The standard InChI is InChI=1S/C12H20N2O4/c1-7-4-13(5-8(7)2)12(18)14-6-9(15)3-10(14)11(16)17/h7-10,15H,3-6H2,1-2H3,(H,16,17)/t7?,8?,9?,10-/m0/s1. The molecule has 2 aliphatic heterocycles.